The Morgan fingerprint density at radius 2 is 1.84 bits per heavy atom. The Labute approximate surface area is 189 Å². The van der Waals surface area contributed by atoms with E-state index in [0.717, 1.165) is 65.9 Å². The molecular formula is C26H30N4O2. The van der Waals surface area contributed by atoms with Crippen LogP contribution < -0.4 is 10.2 Å². The van der Waals surface area contributed by atoms with Gasteiger partial charge < -0.3 is 15.0 Å². The van der Waals surface area contributed by atoms with Crippen LogP contribution in [0.25, 0.3) is 11.1 Å². The van der Waals surface area contributed by atoms with E-state index in [0.29, 0.717) is 11.5 Å². The van der Waals surface area contributed by atoms with E-state index >= 15 is 0 Å². The SMILES string of the molecule is Cc1cc(C(=O)Nc2ccc(C)c(-c3cc(C(C)C)nc(N4CCOCC4)c3)c2)ccn1. The van der Waals surface area contributed by atoms with Gasteiger partial charge in [0.25, 0.3) is 5.91 Å². The van der Waals surface area contributed by atoms with Crippen LogP contribution in [0.5, 0.6) is 0 Å². The first-order valence-corrected chi connectivity index (χ1v) is 11.1. The summed E-state index contributed by atoms with van der Waals surface area (Å²) in [7, 11) is 0. The van der Waals surface area contributed by atoms with Crippen LogP contribution in [-0.2, 0) is 4.74 Å². The highest BCUT2D eigenvalue weighted by atomic mass is 16.5. The van der Waals surface area contributed by atoms with Crippen molar-refractivity contribution in [3.05, 3.63) is 71.2 Å². The number of nitrogens with one attached hydrogen (secondary N) is 1. The van der Waals surface area contributed by atoms with Crippen molar-refractivity contribution < 1.29 is 9.53 Å². The number of anilines is 2. The average Bonchev–Trinajstić information content (AvgIpc) is 2.80. The predicted molar refractivity (Wildman–Crippen MR) is 128 cm³/mol. The van der Waals surface area contributed by atoms with E-state index in [1.165, 1.54) is 0 Å². The van der Waals surface area contributed by atoms with E-state index in [1.54, 1.807) is 18.3 Å². The van der Waals surface area contributed by atoms with Gasteiger partial charge in [-0.15, -0.1) is 0 Å². The summed E-state index contributed by atoms with van der Waals surface area (Å²) in [5, 5.41) is 3.03. The third-order valence-electron chi connectivity index (χ3n) is 5.72. The van der Waals surface area contributed by atoms with E-state index in [1.807, 2.05) is 25.1 Å². The van der Waals surface area contributed by atoms with Crippen LogP contribution in [0.4, 0.5) is 11.5 Å². The van der Waals surface area contributed by atoms with Gasteiger partial charge in [0.05, 0.1) is 13.2 Å². The zero-order valence-corrected chi connectivity index (χ0v) is 19.2. The van der Waals surface area contributed by atoms with Crippen molar-refractivity contribution in [2.45, 2.75) is 33.6 Å². The van der Waals surface area contributed by atoms with Gasteiger partial charge in [0.1, 0.15) is 5.82 Å². The van der Waals surface area contributed by atoms with Gasteiger partial charge in [0.15, 0.2) is 0 Å². The molecule has 2 aromatic heterocycles. The van der Waals surface area contributed by atoms with Gasteiger partial charge in [-0.1, -0.05) is 19.9 Å². The summed E-state index contributed by atoms with van der Waals surface area (Å²) in [6.45, 7) is 11.4. The highest BCUT2D eigenvalue weighted by Gasteiger charge is 2.17. The fourth-order valence-electron chi connectivity index (χ4n) is 3.84. The molecule has 1 saturated heterocycles. The lowest BCUT2D eigenvalue weighted by Gasteiger charge is -2.29. The Balaban J connectivity index is 1.68. The highest BCUT2D eigenvalue weighted by Crippen LogP contribution is 2.32. The number of ether oxygens (including phenoxy) is 1. The van der Waals surface area contributed by atoms with Crippen LogP contribution in [0, 0.1) is 13.8 Å². The highest BCUT2D eigenvalue weighted by molar-refractivity contribution is 6.04. The molecule has 1 N–H and O–H groups in total. The minimum absolute atomic E-state index is 0.142. The molecule has 6 nitrogen and oxygen atoms in total. The first-order chi connectivity index (χ1) is 15.4. The molecule has 0 aliphatic carbocycles. The molecule has 3 heterocycles. The van der Waals surface area contributed by atoms with Gasteiger partial charge in [0.2, 0.25) is 0 Å². The minimum Gasteiger partial charge on any atom is -0.378 e. The summed E-state index contributed by atoms with van der Waals surface area (Å²) in [6.07, 6.45) is 1.66. The lowest BCUT2D eigenvalue weighted by Crippen LogP contribution is -2.36. The van der Waals surface area contributed by atoms with Gasteiger partial charge >= 0.3 is 0 Å². The molecule has 0 saturated carbocycles. The monoisotopic (exact) mass is 430 g/mol. The first-order valence-electron chi connectivity index (χ1n) is 11.1. The van der Waals surface area contributed by atoms with Crippen LogP contribution in [0.1, 0.15) is 47.1 Å². The summed E-state index contributed by atoms with van der Waals surface area (Å²) in [5.41, 5.74) is 6.59. The number of amides is 1. The van der Waals surface area contributed by atoms with Crippen LogP contribution >= 0.6 is 0 Å². The van der Waals surface area contributed by atoms with Gasteiger partial charge in [-0.05, 0) is 72.9 Å². The van der Waals surface area contributed by atoms with Crippen molar-refractivity contribution in [1.82, 2.24) is 9.97 Å². The van der Waals surface area contributed by atoms with Gasteiger partial charge in [-0.25, -0.2) is 4.98 Å². The summed E-state index contributed by atoms with van der Waals surface area (Å²) in [4.78, 5) is 24.1. The normalized spacial score (nSPS) is 14.0. The van der Waals surface area contributed by atoms with Crippen molar-refractivity contribution in [3.8, 4) is 11.1 Å². The van der Waals surface area contributed by atoms with E-state index in [-0.39, 0.29) is 5.91 Å². The zero-order valence-electron chi connectivity index (χ0n) is 19.2. The Hall–Kier alpha value is -3.25. The molecule has 6 heteroatoms. The maximum absolute atomic E-state index is 12.7. The molecular weight excluding hydrogens is 400 g/mol. The standard InChI is InChI=1S/C26H30N4O2/c1-17(2)24-14-21(15-25(29-24)30-9-11-32-12-10-30)23-16-22(6-5-18(23)3)28-26(31)20-7-8-27-19(4)13-20/h5-8,13-17H,9-12H2,1-4H3,(H,28,31). The summed E-state index contributed by atoms with van der Waals surface area (Å²) >= 11 is 0. The average molecular weight is 431 g/mol. The second-order valence-electron chi connectivity index (χ2n) is 8.56. The number of aryl methyl sites for hydroxylation is 2. The number of hydrogen-bond acceptors (Lipinski definition) is 5. The number of hydrogen-bond donors (Lipinski definition) is 1. The number of carbonyl (C=O) groups excluding carboxylic acids is 1. The molecule has 1 aliphatic heterocycles. The third kappa shape index (κ3) is 4.97. The second kappa shape index (κ2) is 9.49. The molecule has 1 amide bonds. The number of rotatable bonds is 5. The molecule has 3 aromatic rings. The first kappa shape index (κ1) is 22.0. The lowest BCUT2D eigenvalue weighted by atomic mass is 9.97. The van der Waals surface area contributed by atoms with Crippen LogP contribution in [0.15, 0.2) is 48.7 Å². The number of carbonyl (C=O) groups is 1. The molecule has 1 fully saturated rings. The maximum Gasteiger partial charge on any atom is 0.255 e. The second-order valence-corrected chi connectivity index (χ2v) is 8.56. The van der Waals surface area contributed by atoms with Crippen LogP contribution in [0.2, 0.25) is 0 Å². The summed E-state index contributed by atoms with van der Waals surface area (Å²) in [5.74, 6) is 1.15. The molecule has 4 rings (SSSR count). The Kier molecular flexibility index (Phi) is 6.51. The fraction of sp³-hybridized carbons (Fsp3) is 0.346. The van der Waals surface area contributed by atoms with Crippen molar-refractivity contribution in [2.24, 2.45) is 0 Å². The molecule has 1 aliphatic rings. The van der Waals surface area contributed by atoms with Crippen molar-refractivity contribution in [3.63, 3.8) is 0 Å². The summed E-state index contributed by atoms with van der Waals surface area (Å²) in [6, 6.07) is 13.9. The van der Waals surface area contributed by atoms with Crippen molar-refractivity contribution in [1.29, 1.82) is 0 Å². The summed E-state index contributed by atoms with van der Waals surface area (Å²) < 4.78 is 5.52. The van der Waals surface area contributed by atoms with Gasteiger partial charge in [0, 0.05) is 41.9 Å². The van der Waals surface area contributed by atoms with E-state index in [9.17, 15) is 4.79 Å². The minimum atomic E-state index is -0.142. The Morgan fingerprint density at radius 3 is 2.56 bits per heavy atom. The number of morpholine rings is 1. The number of nitrogens with zero attached hydrogens (tertiary/aromatic N) is 3. The van der Waals surface area contributed by atoms with Crippen LogP contribution in [0.3, 0.4) is 0 Å². The number of aromatic nitrogens is 2. The molecule has 1 aromatic carbocycles. The molecule has 0 atom stereocenters. The number of benzene rings is 1. The largest absolute Gasteiger partial charge is 0.378 e. The number of pyridine rings is 2. The van der Waals surface area contributed by atoms with Crippen molar-refractivity contribution >= 4 is 17.4 Å². The van der Waals surface area contributed by atoms with E-state index < -0.39 is 0 Å². The molecule has 166 valence electrons. The Bertz CT molecular complexity index is 1120. The maximum atomic E-state index is 12.7. The molecule has 0 radical (unpaired) electrons. The van der Waals surface area contributed by atoms with E-state index in [2.05, 4.69) is 48.1 Å². The quantitative estimate of drug-likeness (QED) is 0.619. The Morgan fingerprint density at radius 1 is 1.06 bits per heavy atom. The molecule has 32 heavy (non-hydrogen) atoms. The molecule has 0 spiro atoms. The third-order valence-corrected chi connectivity index (χ3v) is 5.72. The van der Waals surface area contributed by atoms with Crippen molar-refractivity contribution in [2.75, 3.05) is 36.5 Å². The van der Waals surface area contributed by atoms with Gasteiger partial charge in [-0.3, -0.25) is 9.78 Å². The van der Waals surface area contributed by atoms with Crippen LogP contribution in [-0.4, -0.2) is 42.2 Å². The smallest absolute Gasteiger partial charge is 0.255 e. The topological polar surface area (TPSA) is 67.4 Å². The molecule has 0 bridgehead atoms. The lowest BCUT2D eigenvalue weighted by molar-refractivity contribution is 0.102. The van der Waals surface area contributed by atoms with Gasteiger partial charge in [-0.2, -0.15) is 0 Å². The molecule has 0 unspecified atom stereocenters. The van der Waals surface area contributed by atoms with E-state index in [4.69, 9.17) is 9.72 Å². The fourth-order valence-corrected chi connectivity index (χ4v) is 3.84. The predicted octanol–water partition coefficient (Wildman–Crippen LogP) is 4.97. The zero-order chi connectivity index (χ0) is 22.7.